The highest BCUT2D eigenvalue weighted by molar-refractivity contribution is 5.59. The minimum absolute atomic E-state index is 0.558. The SMILES string of the molecule is CCOc1ccc(OCC)c(NCCCC#N)c1. The van der Waals surface area contributed by atoms with Crippen molar-refractivity contribution in [3.8, 4) is 17.6 Å². The van der Waals surface area contributed by atoms with E-state index < -0.39 is 0 Å². The van der Waals surface area contributed by atoms with Crippen molar-refractivity contribution in [2.24, 2.45) is 0 Å². The van der Waals surface area contributed by atoms with Gasteiger partial charge in [0.25, 0.3) is 0 Å². The average molecular weight is 248 g/mol. The average Bonchev–Trinajstić information content (AvgIpc) is 2.38. The summed E-state index contributed by atoms with van der Waals surface area (Å²) in [5.74, 6) is 1.64. The fourth-order valence-electron chi connectivity index (χ4n) is 1.58. The Bertz CT molecular complexity index is 399. The third-order valence-electron chi connectivity index (χ3n) is 2.34. The number of hydrogen-bond acceptors (Lipinski definition) is 4. The summed E-state index contributed by atoms with van der Waals surface area (Å²) in [6.45, 7) is 5.93. The second kappa shape index (κ2) is 8.24. The first-order valence-corrected chi connectivity index (χ1v) is 6.32. The van der Waals surface area contributed by atoms with Gasteiger partial charge in [-0.1, -0.05) is 0 Å². The van der Waals surface area contributed by atoms with E-state index in [1.807, 2.05) is 32.0 Å². The molecule has 0 bridgehead atoms. The van der Waals surface area contributed by atoms with Crippen molar-refractivity contribution in [2.75, 3.05) is 25.1 Å². The number of nitriles is 1. The molecule has 0 fully saturated rings. The van der Waals surface area contributed by atoms with Crippen molar-refractivity contribution in [3.63, 3.8) is 0 Å². The Labute approximate surface area is 109 Å². The normalized spacial score (nSPS) is 9.61. The molecular formula is C14H20N2O2. The Balaban J connectivity index is 2.69. The van der Waals surface area contributed by atoms with E-state index in [1.165, 1.54) is 0 Å². The molecule has 0 heterocycles. The van der Waals surface area contributed by atoms with E-state index >= 15 is 0 Å². The molecule has 0 aromatic heterocycles. The second-order valence-electron chi connectivity index (χ2n) is 3.71. The van der Waals surface area contributed by atoms with Crippen LogP contribution in [0.15, 0.2) is 18.2 Å². The van der Waals surface area contributed by atoms with Crippen LogP contribution in [-0.4, -0.2) is 19.8 Å². The summed E-state index contributed by atoms with van der Waals surface area (Å²) in [4.78, 5) is 0. The molecule has 1 N–H and O–H groups in total. The minimum Gasteiger partial charge on any atom is -0.494 e. The van der Waals surface area contributed by atoms with E-state index in [2.05, 4.69) is 11.4 Å². The molecule has 0 aliphatic rings. The number of nitrogens with one attached hydrogen (secondary N) is 1. The Hall–Kier alpha value is -1.89. The van der Waals surface area contributed by atoms with Crippen molar-refractivity contribution >= 4 is 5.69 Å². The molecule has 1 aromatic carbocycles. The third-order valence-corrected chi connectivity index (χ3v) is 2.34. The van der Waals surface area contributed by atoms with Gasteiger partial charge in [-0.05, 0) is 32.4 Å². The largest absolute Gasteiger partial charge is 0.494 e. The predicted molar refractivity (Wildman–Crippen MR) is 72.1 cm³/mol. The highest BCUT2D eigenvalue weighted by Gasteiger charge is 2.05. The van der Waals surface area contributed by atoms with Gasteiger partial charge in [0.15, 0.2) is 0 Å². The van der Waals surface area contributed by atoms with Crippen molar-refractivity contribution < 1.29 is 9.47 Å². The molecule has 4 nitrogen and oxygen atoms in total. The lowest BCUT2D eigenvalue weighted by Crippen LogP contribution is -2.04. The van der Waals surface area contributed by atoms with Gasteiger partial charge in [-0.2, -0.15) is 5.26 Å². The Morgan fingerprint density at radius 1 is 1.22 bits per heavy atom. The summed E-state index contributed by atoms with van der Waals surface area (Å²) in [6, 6.07) is 7.86. The van der Waals surface area contributed by atoms with Crippen LogP contribution >= 0.6 is 0 Å². The zero-order chi connectivity index (χ0) is 13.2. The van der Waals surface area contributed by atoms with Crippen LogP contribution in [0.2, 0.25) is 0 Å². The maximum Gasteiger partial charge on any atom is 0.142 e. The van der Waals surface area contributed by atoms with Gasteiger partial charge in [-0.3, -0.25) is 0 Å². The van der Waals surface area contributed by atoms with Crippen LogP contribution < -0.4 is 14.8 Å². The van der Waals surface area contributed by atoms with Crippen LogP contribution in [0.25, 0.3) is 0 Å². The summed E-state index contributed by atoms with van der Waals surface area (Å²) in [6.07, 6.45) is 1.38. The summed E-state index contributed by atoms with van der Waals surface area (Å²) in [5.41, 5.74) is 0.917. The van der Waals surface area contributed by atoms with E-state index in [0.29, 0.717) is 19.6 Å². The summed E-state index contributed by atoms with van der Waals surface area (Å²) in [5, 5.41) is 11.8. The molecule has 0 saturated heterocycles. The standard InChI is InChI=1S/C14H20N2O2/c1-3-17-12-7-8-14(18-4-2)13(11-12)16-10-6-5-9-15/h7-8,11,16H,3-6,10H2,1-2H3. The van der Waals surface area contributed by atoms with Gasteiger partial charge in [0.2, 0.25) is 0 Å². The Morgan fingerprint density at radius 2 is 2.00 bits per heavy atom. The van der Waals surface area contributed by atoms with Gasteiger partial charge in [0.1, 0.15) is 11.5 Å². The van der Waals surface area contributed by atoms with Crippen molar-refractivity contribution in [1.82, 2.24) is 0 Å². The number of unbranched alkanes of at least 4 members (excludes halogenated alkanes) is 1. The quantitative estimate of drug-likeness (QED) is 0.718. The van der Waals surface area contributed by atoms with E-state index in [0.717, 1.165) is 30.2 Å². The first-order valence-electron chi connectivity index (χ1n) is 6.32. The third kappa shape index (κ3) is 4.54. The number of hydrogen-bond donors (Lipinski definition) is 1. The minimum atomic E-state index is 0.558. The molecule has 18 heavy (non-hydrogen) atoms. The smallest absolute Gasteiger partial charge is 0.142 e. The van der Waals surface area contributed by atoms with Crippen molar-refractivity contribution in [1.29, 1.82) is 5.26 Å². The van der Waals surface area contributed by atoms with E-state index in [1.54, 1.807) is 0 Å². The fourth-order valence-corrected chi connectivity index (χ4v) is 1.58. The topological polar surface area (TPSA) is 54.3 Å². The van der Waals surface area contributed by atoms with E-state index in [4.69, 9.17) is 14.7 Å². The lowest BCUT2D eigenvalue weighted by Gasteiger charge is -2.13. The highest BCUT2D eigenvalue weighted by Crippen LogP contribution is 2.29. The molecule has 1 rings (SSSR count). The highest BCUT2D eigenvalue weighted by atomic mass is 16.5. The molecule has 0 unspecified atom stereocenters. The predicted octanol–water partition coefficient (Wildman–Crippen LogP) is 3.20. The van der Waals surface area contributed by atoms with Crippen molar-refractivity contribution in [3.05, 3.63) is 18.2 Å². The first kappa shape index (κ1) is 14.2. The van der Waals surface area contributed by atoms with Crippen LogP contribution in [0.4, 0.5) is 5.69 Å². The van der Waals surface area contributed by atoms with Crippen LogP contribution in [0.5, 0.6) is 11.5 Å². The second-order valence-corrected chi connectivity index (χ2v) is 3.71. The van der Waals surface area contributed by atoms with Gasteiger partial charge in [0, 0.05) is 19.0 Å². The number of anilines is 1. The van der Waals surface area contributed by atoms with Gasteiger partial charge < -0.3 is 14.8 Å². The van der Waals surface area contributed by atoms with Gasteiger partial charge in [0.05, 0.1) is 25.0 Å². The molecule has 0 saturated carbocycles. The molecule has 0 spiro atoms. The summed E-state index contributed by atoms with van der Waals surface area (Å²) in [7, 11) is 0. The molecular weight excluding hydrogens is 228 g/mol. The zero-order valence-corrected chi connectivity index (χ0v) is 11.0. The Kier molecular flexibility index (Phi) is 6.49. The molecule has 0 aliphatic heterocycles. The maximum absolute atomic E-state index is 8.49. The number of benzene rings is 1. The van der Waals surface area contributed by atoms with Crippen LogP contribution in [0, 0.1) is 11.3 Å². The zero-order valence-electron chi connectivity index (χ0n) is 11.0. The number of nitrogens with zero attached hydrogens (tertiary/aromatic N) is 1. The lowest BCUT2D eigenvalue weighted by molar-refractivity contribution is 0.332. The fraction of sp³-hybridized carbons (Fsp3) is 0.500. The first-order chi connectivity index (χ1) is 8.81. The van der Waals surface area contributed by atoms with Crippen LogP contribution in [0.3, 0.4) is 0 Å². The number of rotatable bonds is 8. The number of ether oxygens (including phenoxy) is 2. The van der Waals surface area contributed by atoms with E-state index in [9.17, 15) is 0 Å². The maximum atomic E-state index is 8.49. The monoisotopic (exact) mass is 248 g/mol. The molecule has 0 amide bonds. The van der Waals surface area contributed by atoms with Crippen molar-refractivity contribution in [2.45, 2.75) is 26.7 Å². The molecule has 98 valence electrons. The van der Waals surface area contributed by atoms with E-state index in [-0.39, 0.29) is 0 Å². The van der Waals surface area contributed by atoms with Gasteiger partial charge in [-0.15, -0.1) is 0 Å². The molecule has 1 aromatic rings. The van der Waals surface area contributed by atoms with Crippen LogP contribution in [0.1, 0.15) is 26.7 Å². The molecule has 0 atom stereocenters. The molecule has 4 heteroatoms. The Morgan fingerprint density at radius 3 is 2.67 bits per heavy atom. The van der Waals surface area contributed by atoms with Gasteiger partial charge in [-0.25, -0.2) is 0 Å². The molecule has 0 radical (unpaired) electrons. The summed E-state index contributed by atoms with van der Waals surface area (Å²) < 4.78 is 11.0. The lowest BCUT2D eigenvalue weighted by atomic mass is 10.2. The van der Waals surface area contributed by atoms with Gasteiger partial charge >= 0.3 is 0 Å². The van der Waals surface area contributed by atoms with Crippen LogP contribution in [-0.2, 0) is 0 Å². The molecule has 0 aliphatic carbocycles. The summed E-state index contributed by atoms with van der Waals surface area (Å²) >= 11 is 0.